The van der Waals surface area contributed by atoms with Crippen LogP contribution in [-0.4, -0.2) is 0 Å². The zero-order chi connectivity index (χ0) is 11.4. The van der Waals surface area contributed by atoms with Gasteiger partial charge in [-0.1, -0.05) is 15.9 Å². The lowest BCUT2D eigenvalue weighted by Crippen LogP contribution is -2.12. The Morgan fingerprint density at radius 2 is 2.00 bits per heavy atom. The highest BCUT2D eigenvalue weighted by molar-refractivity contribution is 9.10. The summed E-state index contributed by atoms with van der Waals surface area (Å²) >= 11 is 3.26. The van der Waals surface area contributed by atoms with Crippen LogP contribution in [0.2, 0.25) is 0 Å². The monoisotopic (exact) mass is 283 g/mol. The molecule has 0 aliphatic carbocycles. The van der Waals surface area contributed by atoms with E-state index in [9.17, 15) is 4.39 Å². The maximum absolute atomic E-state index is 13.1. The molecular weight excluding hydrogens is 273 g/mol. The van der Waals surface area contributed by atoms with Gasteiger partial charge in [-0.3, -0.25) is 0 Å². The molecule has 1 heterocycles. The van der Waals surface area contributed by atoms with Crippen molar-refractivity contribution in [3.8, 4) is 0 Å². The smallest absolute Gasteiger partial charge is 0.124 e. The molecule has 0 spiro atoms. The first-order valence-electron chi connectivity index (χ1n) is 4.91. The van der Waals surface area contributed by atoms with Gasteiger partial charge in [0.25, 0.3) is 0 Å². The SMILES string of the molecule is Fc1cc(Br)cc(CNCc2ccoc2)c1. The molecule has 84 valence electrons. The van der Waals surface area contributed by atoms with Crippen molar-refractivity contribution in [2.75, 3.05) is 0 Å². The van der Waals surface area contributed by atoms with Crippen LogP contribution in [0.4, 0.5) is 4.39 Å². The Hall–Kier alpha value is -1.13. The molecule has 4 heteroatoms. The van der Waals surface area contributed by atoms with Gasteiger partial charge >= 0.3 is 0 Å². The summed E-state index contributed by atoms with van der Waals surface area (Å²) in [5.74, 6) is -0.227. The Bertz CT molecular complexity index is 436. The van der Waals surface area contributed by atoms with Crippen molar-refractivity contribution in [3.63, 3.8) is 0 Å². The summed E-state index contributed by atoms with van der Waals surface area (Å²) in [6, 6.07) is 6.76. The van der Waals surface area contributed by atoms with E-state index in [4.69, 9.17) is 4.42 Å². The normalized spacial score (nSPS) is 10.6. The summed E-state index contributed by atoms with van der Waals surface area (Å²) in [4.78, 5) is 0. The lowest BCUT2D eigenvalue weighted by Gasteiger charge is -2.04. The lowest BCUT2D eigenvalue weighted by atomic mass is 10.2. The number of furan rings is 1. The van der Waals surface area contributed by atoms with E-state index in [1.807, 2.05) is 12.1 Å². The fourth-order valence-corrected chi connectivity index (χ4v) is 1.97. The van der Waals surface area contributed by atoms with Gasteiger partial charge in [0.05, 0.1) is 12.5 Å². The minimum absolute atomic E-state index is 0.227. The molecule has 1 N–H and O–H groups in total. The van der Waals surface area contributed by atoms with Crippen LogP contribution in [0.15, 0.2) is 45.7 Å². The Balaban J connectivity index is 1.89. The summed E-state index contributed by atoms with van der Waals surface area (Å²) in [5, 5.41) is 3.21. The van der Waals surface area contributed by atoms with Crippen LogP contribution in [0.3, 0.4) is 0 Å². The van der Waals surface area contributed by atoms with E-state index in [0.29, 0.717) is 13.1 Å². The molecular formula is C12H11BrFNO. The van der Waals surface area contributed by atoms with Gasteiger partial charge in [0.2, 0.25) is 0 Å². The van der Waals surface area contributed by atoms with Gasteiger partial charge in [0, 0.05) is 23.1 Å². The fraction of sp³-hybridized carbons (Fsp3) is 0.167. The van der Waals surface area contributed by atoms with Gasteiger partial charge in [0.1, 0.15) is 5.82 Å². The van der Waals surface area contributed by atoms with Gasteiger partial charge in [-0.25, -0.2) is 4.39 Å². The Kier molecular flexibility index (Phi) is 3.74. The highest BCUT2D eigenvalue weighted by Crippen LogP contribution is 2.14. The number of benzene rings is 1. The van der Waals surface area contributed by atoms with Crippen LogP contribution in [0.1, 0.15) is 11.1 Å². The Morgan fingerprint density at radius 3 is 2.69 bits per heavy atom. The van der Waals surface area contributed by atoms with E-state index in [1.165, 1.54) is 12.1 Å². The van der Waals surface area contributed by atoms with Crippen molar-refractivity contribution in [2.24, 2.45) is 0 Å². The molecule has 2 aromatic rings. The quantitative estimate of drug-likeness (QED) is 0.930. The zero-order valence-corrected chi connectivity index (χ0v) is 10.1. The molecule has 0 unspecified atom stereocenters. The largest absolute Gasteiger partial charge is 0.472 e. The van der Waals surface area contributed by atoms with Crippen molar-refractivity contribution < 1.29 is 8.81 Å². The van der Waals surface area contributed by atoms with Gasteiger partial charge in [-0.2, -0.15) is 0 Å². The third-order valence-corrected chi connectivity index (χ3v) is 2.62. The first-order chi connectivity index (χ1) is 7.74. The standard InChI is InChI=1S/C12H11BrFNO/c13-11-3-10(4-12(14)5-11)7-15-6-9-1-2-16-8-9/h1-5,8,15H,6-7H2. The predicted octanol–water partition coefficient (Wildman–Crippen LogP) is 3.47. The second kappa shape index (κ2) is 5.27. The van der Waals surface area contributed by atoms with Crippen LogP contribution < -0.4 is 5.32 Å². The number of nitrogens with one attached hydrogen (secondary N) is 1. The van der Waals surface area contributed by atoms with Crippen molar-refractivity contribution in [1.82, 2.24) is 5.32 Å². The van der Waals surface area contributed by atoms with Gasteiger partial charge in [-0.15, -0.1) is 0 Å². The highest BCUT2D eigenvalue weighted by Gasteiger charge is 1.99. The van der Waals surface area contributed by atoms with E-state index < -0.39 is 0 Å². The summed E-state index contributed by atoms with van der Waals surface area (Å²) in [5.41, 5.74) is 1.99. The molecule has 0 amide bonds. The average molecular weight is 284 g/mol. The molecule has 0 radical (unpaired) electrons. The maximum atomic E-state index is 13.1. The second-order valence-corrected chi connectivity index (χ2v) is 4.43. The minimum Gasteiger partial charge on any atom is -0.472 e. The summed E-state index contributed by atoms with van der Waals surface area (Å²) in [7, 11) is 0. The molecule has 16 heavy (non-hydrogen) atoms. The molecule has 0 aliphatic heterocycles. The van der Waals surface area contributed by atoms with Crippen LogP contribution in [0, 0.1) is 5.82 Å². The summed E-state index contributed by atoms with van der Waals surface area (Å²) < 4.78 is 18.8. The number of rotatable bonds is 4. The van der Waals surface area contributed by atoms with E-state index >= 15 is 0 Å². The number of hydrogen-bond acceptors (Lipinski definition) is 2. The fourth-order valence-electron chi connectivity index (χ4n) is 1.46. The van der Waals surface area contributed by atoms with Crippen molar-refractivity contribution in [3.05, 3.63) is 58.2 Å². The molecule has 0 saturated carbocycles. The Morgan fingerprint density at radius 1 is 1.19 bits per heavy atom. The van der Waals surface area contributed by atoms with Crippen LogP contribution in [0.5, 0.6) is 0 Å². The molecule has 0 saturated heterocycles. The molecule has 1 aromatic heterocycles. The zero-order valence-electron chi connectivity index (χ0n) is 8.54. The van der Waals surface area contributed by atoms with E-state index in [0.717, 1.165) is 15.6 Å². The lowest BCUT2D eigenvalue weighted by molar-refractivity contribution is 0.560. The van der Waals surface area contributed by atoms with Crippen molar-refractivity contribution >= 4 is 15.9 Å². The van der Waals surface area contributed by atoms with Crippen LogP contribution >= 0.6 is 15.9 Å². The van der Waals surface area contributed by atoms with E-state index in [1.54, 1.807) is 12.5 Å². The number of hydrogen-bond donors (Lipinski definition) is 1. The third-order valence-electron chi connectivity index (χ3n) is 2.16. The molecule has 0 fully saturated rings. The average Bonchev–Trinajstić information content (AvgIpc) is 2.69. The molecule has 0 aliphatic rings. The van der Waals surface area contributed by atoms with Crippen LogP contribution in [0.25, 0.3) is 0 Å². The maximum Gasteiger partial charge on any atom is 0.124 e. The molecule has 2 nitrogen and oxygen atoms in total. The van der Waals surface area contributed by atoms with E-state index in [-0.39, 0.29) is 5.82 Å². The summed E-state index contributed by atoms with van der Waals surface area (Å²) in [6.45, 7) is 1.34. The van der Waals surface area contributed by atoms with Crippen LogP contribution in [-0.2, 0) is 13.1 Å². The molecule has 0 bridgehead atoms. The topological polar surface area (TPSA) is 25.2 Å². The van der Waals surface area contributed by atoms with Crippen molar-refractivity contribution in [1.29, 1.82) is 0 Å². The first kappa shape index (κ1) is 11.4. The molecule has 0 atom stereocenters. The predicted molar refractivity (Wildman–Crippen MR) is 63.4 cm³/mol. The Labute approximate surface area is 102 Å². The third kappa shape index (κ3) is 3.18. The van der Waals surface area contributed by atoms with Crippen molar-refractivity contribution in [2.45, 2.75) is 13.1 Å². The molecule has 2 rings (SSSR count). The van der Waals surface area contributed by atoms with Gasteiger partial charge in [-0.05, 0) is 29.8 Å². The van der Waals surface area contributed by atoms with Gasteiger partial charge < -0.3 is 9.73 Å². The summed E-state index contributed by atoms with van der Waals surface area (Å²) in [6.07, 6.45) is 3.32. The van der Waals surface area contributed by atoms with E-state index in [2.05, 4.69) is 21.2 Å². The minimum atomic E-state index is -0.227. The number of halogens is 2. The second-order valence-electron chi connectivity index (χ2n) is 3.51. The molecule has 1 aromatic carbocycles. The first-order valence-corrected chi connectivity index (χ1v) is 5.70. The van der Waals surface area contributed by atoms with Gasteiger partial charge in [0.15, 0.2) is 0 Å². The highest BCUT2D eigenvalue weighted by atomic mass is 79.9.